The summed E-state index contributed by atoms with van der Waals surface area (Å²) in [7, 11) is 0. The molecule has 0 unspecified atom stereocenters. The molecule has 0 atom stereocenters. The van der Waals surface area contributed by atoms with Gasteiger partial charge in [0.1, 0.15) is 0 Å². The van der Waals surface area contributed by atoms with E-state index in [1.165, 1.54) is 17.4 Å². The zero-order valence-electron chi connectivity index (χ0n) is 15.2. The number of ether oxygens (including phenoxy) is 1. The molecule has 0 spiro atoms. The molecule has 3 aromatic rings. The molecule has 0 radical (unpaired) electrons. The van der Waals surface area contributed by atoms with E-state index >= 15 is 0 Å². The van der Waals surface area contributed by atoms with Crippen molar-refractivity contribution in [2.45, 2.75) is 32.6 Å². The molecule has 0 saturated carbocycles. The lowest BCUT2D eigenvalue weighted by molar-refractivity contribution is 0.291. The Hall–Kier alpha value is -2.11. The standard InChI is InChI=1S/C21H22ClFN2OS/c1-2-3-4-11-26-20-10-9-17(13-19(20)23)24-21-25-18(14-27-21)12-15-5-7-16(22)8-6-15/h5-10,13-14H,2-4,11-12H2,1H3,(H,24,25). The molecule has 1 aromatic heterocycles. The Labute approximate surface area is 168 Å². The fourth-order valence-electron chi connectivity index (χ4n) is 2.61. The van der Waals surface area contributed by atoms with Gasteiger partial charge in [0.25, 0.3) is 0 Å². The molecule has 0 fully saturated rings. The first-order valence-electron chi connectivity index (χ1n) is 9.02. The van der Waals surface area contributed by atoms with E-state index in [0.29, 0.717) is 18.0 Å². The molecule has 0 aliphatic rings. The van der Waals surface area contributed by atoms with E-state index in [-0.39, 0.29) is 5.82 Å². The predicted molar refractivity (Wildman–Crippen MR) is 111 cm³/mol. The molecule has 0 bridgehead atoms. The molecule has 6 heteroatoms. The molecule has 2 aromatic carbocycles. The highest BCUT2D eigenvalue weighted by molar-refractivity contribution is 7.13. The maximum absolute atomic E-state index is 14.2. The normalized spacial score (nSPS) is 10.8. The Balaban J connectivity index is 1.58. The third-order valence-corrected chi connectivity index (χ3v) is 5.10. The van der Waals surface area contributed by atoms with Crippen molar-refractivity contribution in [1.29, 1.82) is 0 Å². The molecular formula is C21H22ClFN2OS. The van der Waals surface area contributed by atoms with Crippen molar-refractivity contribution in [3.8, 4) is 5.75 Å². The van der Waals surface area contributed by atoms with E-state index < -0.39 is 0 Å². The molecule has 1 N–H and O–H groups in total. The van der Waals surface area contributed by atoms with Crippen LogP contribution in [0.5, 0.6) is 5.75 Å². The topological polar surface area (TPSA) is 34.1 Å². The maximum Gasteiger partial charge on any atom is 0.187 e. The average molecular weight is 405 g/mol. The Morgan fingerprint density at radius 1 is 1.15 bits per heavy atom. The fraction of sp³-hybridized carbons (Fsp3) is 0.286. The van der Waals surface area contributed by atoms with E-state index in [1.807, 2.05) is 29.6 Å². The van der Waals surface area contributed by atoms with Gasteiger partial charge >= 0.3 is 0 Å². The lowest BCUT2D eigenvalue weighted by Gasteiger charge is -2.09. The maximum atomic E-state index is 14.2. The van der Waals surface area contributed by atoms with Crippen molar-refractivity contribution in [3.63, 3.8) is 0 Å². The van der Waals surface area contributed by atoms with Gasteiger partial charge in [-0.3, -0.25) is 0 Å². The monoisotopic (exact) mass is 404 g/mol. The van der Waals surface area contributed by atoms with Crippen LogP contribution in [0.1, 0.15) is 37.4 Å². The first-order chi connectivity index (χ1) is 13.1. The van der Waals surface area contributed by atoms with Crippen molar-refractivity contribution in [2.24, 2.45) is 0 Å². The van der Waals surface area contributed by atoms with Crippen LogP contribution in [0.3, 0.4) is 0 Å². The van der Waals surface area contributed by atoms with Crippen molar-refractivity contribution in [2.75, 3.05) is 11.9 Å². The number of nitrogens with zero attached hydrogens (tertiary/aromatic N) is 1. The second-order valence-electron chi connectivity index (χ2n) is 6.27. The molecule has 27 heavy (non-hydrogen) atoms. The Morgan fingerprint density at radius 2 is 1.96 bits per heavy atom. The average Bonchev–Trinajstić information content (AvgIpc) is 3.09. The number of hydrogen-bond acceptors (Lipinski definition) is 4. The Bertz CT molecular complexity index is 867. The number of rotatable bonds is 9. The molecule has 3 rings (SSSR count). The summed E-state index contributed by atoms with van der Waals surface area (Å²) < 4.78 is 19.7. The molecule has 0 aliphatic carbocycles. The van der Waals surface area contributed by atoms with E-state index in [2.05, 4.69) is 17.2 Å². The minimum atomic E-state index is -0.366. The van der Waals surface area contributed by atoms with Gasteiger partial charge in [0.2, 0.25) is 0 Å². The second-order valence-corrected chi connectivity index (χ2v) is 7.57. The number of anilines is 2. The minimum absolute atomic E-state index is 0.291. The van der Waals surface area contributed by atoms with Crippen LogP contribution in [-0.2, 0) is 6.42 Å². The van der Waals surface area contributed by atoms with Gasteiger partial charge in [-0.15, -0.1) is 11.3 Å². The van der Waals surface area contributed by atoms with Crippen LogP contribution in [0.4, 0.5) is 15.2 Å². The van der Waals surface area contributed by atoms with Crippen LogP contribution < -0.4 is 10.1 Å². The Morgan fingerprint density at radius 3 is 2.70 bits per heavy atom. The van der Waals surface area contributed by atoms with Gasteiger partial charge < -0.3 is 10.1 Å². The van der Waals surface area contributed by atoms with Gasteiger partial charge in [0, 0.05) is 28.6 Å². The zero-order valence-corrected chi connectivity index (χ0v) is 16.7. The largest absolute Gasteiger partial charge is 0.491 e. The van der Waals surface area contributed by atoms with Crippen molar-refractivity contribution < 1.29 is 9.13 Å². The van der Waals surface area contributed by atoms with Gasteiger partial charge in [-0.1, -0.05) is 43.5 Å². The molecule has 0 aliphatic heterocycles. The highest BCUT2D eigenvalue weighted by Gasteiger charge is 2.08. The van der Waals surface area contributed by atoms with Gasteiger partial charge in [-0.2, -0.15) is 0 Å². The number of halogens is 2. The van der Waals surface area contributed by atoms with Crippen LogP contribution in [0.2, 0.25) is 5.02 Å². The van der Waals surface area contributed by atoms with E-state index in [9.17, 15) is 4.39 Å². The van der Waals surface area contributed by atoms with Crippen LogP contribution in [0.25, 0.3) is 0 Å². The number of unbranched alkanes of at least 4 members (excludes halogenated alkanes) is 2. The van der Waals surface area contributed by atoms with Crippen LogP contribution in [-0.4, -0.2) is 11.6 Å². The van der Waals surface area contributed by atoms with E-state index in [1.54, 1.807) is 12.1 Å². The summed E-state index contributed by atoms with van der Waals surface area (Å²) in [5, 5.41) is 6.61. The summed E-state index contributed by atoms with van der Waals surface area (Å²) in [6, 6.07) is 12.6. The highest BCUT2D eigenvalue weighted by atomic mass is 35.5. The minimum Gasteiger partial charge on any atom is -0.491 e. The number of nitrogens with one attached hydrogen (secondary N) is 1. The van der Waals surface area contributed by atoms with Crippen molar-refractivity contribution >= 4 is 33.8 Å². The molecular weight excluding hydrogens is 383 g/mol. The molecule has 3 nitrogen and oxygen atoms in total. The summed E-state index contributed by atoms with van der Waals surface area (Å²) in [5.41, 5.74) is 2.76. The third kappa shape index (κ3) is 5.94. The summed E-state index contributed by atoms with van der Waals surface area (Å²) in [6.07, 6.45) is 3.87. The number of aromatic nitrogens is 1. The van der Waals surface area contributed by atoms with E-state index in [4.69, 9.17) is 16.3 Å². The summed E-state index contributed by atoms with van der Waals surface area (Å²) in [4.78, 5) is 4.57. The first-order valence-corrected chi connectivity index (χ1v) is 10.3. The molecule has 0 saturated heterocycles. The Kier molecular flexibility index (Phi) is 7.07. The third-order valence-electron chi connectivity index (χ3n) is 4.04. The van der Waals surface area contributed by atoms with Crippen LogP contribution >= 0.6 is 22.9 Å². The summed E-state index contributed by atoms with van der Waals surface area (Å²) in [6.45, 7) is 2.67. The summed E-state index contributed by atoms with van der Waals surface area (Å²) >= 11 is 7.41. The van der Waals surface area contributed by atoms with Gasteiger partial charge in [0.15, 0.2) is 16.7 Å². The molecule has 1 heterocycles. The fourth-order valence-corrected chi connectivity index (χ4v) is 3.47. The number of hydrogen-bond donors (Lipinski definition) is 1. The van der Waals surface area contributed by atoms with Crippen molar-refractivity contribution in [3.05, 3.63) is 69.9 Å². The zero-order chi connectivity index (χ0) is 19.1. The SMILES string of the molecule is CCCCCOc1ccc(Nc2nc(Cc3ccc(Cl)cc3)cs2)cc1F. The predicted octanol–water partition coefficient (Wildman–Crippen LogP) is 6.84. The van der Waals surface area contributed by atoms with E-state index in [0.717, 1.165) is 47.1 Å². The molecule has 0 amide bonds. The number of benzene rings is 2. The summed E-state index contributed by atoms with van der Waals surface area (Å²) in [5.74, 6) is -0.0753. The highest BCUT2D eigenvalue weighted by Crippen LogP contribution is 2.26. The van der Waals surface area contributed by atoms with Crippen LogP contribution in [0, 0.1) is 5.82 Å². The lowest BCUT2D eigenvalue weighted by Crippen LogP contribution is -2.00. The first kappa shape index (κ1) is 19.6. The quantitative estimate of drug-likeness (QED) is 0.396. The van der Waals surface area contributed by atoms with Gasteiger partial charge in [0.05, 0.1) is 12.3 Å². The van der Waals surface area contributed by atoms with Gasteiger partial charge in [-0.25, -0.2) is 9.37 Å². The smallest absolute Gasteiger partial charge is 0.187 e. The van der Waals surface area contributed by atoms with Gasteiger partial charge in [-0.05, 0) is 36.2 Å². The van der Waals surface area contributed by atoms with Crippen molar-refractivity contribution in [1.82, 2.24) is 4.98 Å². The second kappa shape index (κ2) is 9.72. The lowest BCUT2D eigenvalue weighted by atomic mass is 10.1. The molecule has 142 valence electrons. The van der Waals surface area contributed by atoms with Crippen LogP contribution in [0.15, 0.2) is 47.8 Å². The number of thiazole rings is 1.